The van der Waals surface area contributed by atoms with Gasteiger partial charge in [-0.05, 0) is 49.4 Å². The first-order valence-corrected chi connectivity index (χ1v) is 6.81. The van der Waals surface area contributed by atoms with Gasteiger partial charge < -0.3 is 15.2 Å². The summed E-state index contributed by atoms with van der Waals surface area (Å²) >= 11 is 0. The molecule has 1 fully saturated rings. The van der Waals surface area contributed by atoms with E-state index in [1.807, 2.05) is 0 Å². The second kappa shape index (κ2) is 6.45. The molecule has 4 nitrogen and oxygen atoms in total. The van der Waals surface area contributed by atoms with Crippen LogP contribution in [0.5, 0.6) is 5.75 Å². The largest absolute Gasteiger partial charge is 0.482 e. The molecule has 0 aromatic heterocycles. The second-order valence-corrected chi connectivity index (χ2v) is 5.24. The lowest BCUT2D eigenvalue weighted by molar-refractivity contribution is -0.153. The number of anilines is 1. The molecule has 1 aromatic carbocycles. The van der Waals surface area contributed by atoms with Crippen molar-refractivity contribution in [3.05, 3.63) is 24.3 Å². The molecule has 1 saturated carbocycles. The molecule has 1 aliphatic carbocycles. The van der Waals surface area contributed by atoms with Crippen molar-refractivity contribution in [3.63, 3.8) is 0 Å². The van der Waals surface area contributed by atoms with Gasteiger partial charge in [0.2, 0.25) is 0 Å². The summed E-state index contributed by atoms with van der Waals surface area (Å²) in [5.41, 5.74) is 6.24. The third-order valence-corrected chi connectivity index (χ3v) is 3.42. The molecule has 1 aliphatic rings. The number of rotatable bonds is 4. The van der Waals surface area contributed by atoms with Crippen molar-refractivity contribution in [2.75, 3.05) is 12.3 Å². The highest BCUT2D eigenvalue weighted by Gasteiger charge is 2.22. The summed E-state index contributed by atoms with van der Waals surface area (Å²) in [5.74, 6) is 0.976. The molecule has 0 radical (unpaired) electrons. The van der Waals surface area contributed by atoms with E-state index in [9.17, 15) is 4.79 Å². The minimum absolute atomic E-state index is 0.0468. The van der Waals surface area contributed by atoms with Gasteiger partial charge in [0, 0.05) is 5.69 Å². The Morgan fingerprint density at radius 1 is 1.32 bits per heavy atom. The summed E-state index contributed by atoms with van der Waals surface area (Å²) in [4.78, 5) is 11.7. The molecule has 0 bridgehead atoms. The Labute approximate surface area is 113 Å². The van der Waals surface area contributed by atoms with Gasteiger partial charge in [-0.25, -0.2) is 4.79 Å². The lowest BCUT2D eigenvalue weighted by Gasteiger charge is -2.26. The van der Waals surface area contributed by atoms with Gasteiger partial charge in [0.15, 0.2) is 6.61 Å². The second-order valence-electron chi connectivity index (χ2n) is 5.24. The topological polar surface area (TPSA) is 61.5 Å². The Morgan fingerprint density at radius 3 is 2.74 bits per heavy atom. The maximum Gasteiger partial charge on any atom is 0.344 e. The van der Waals surface area contributed by atoms with Crippen molar-refractivity contribution in [1.29, 1.82) is 0 Å². The number of benzene rings is 1. The summed E-state index contributed by atoms with van der Waals surface area (Å²) in [6, 6.07) is 6.96. The summed E-state index contributed by atoms with van der Waals surface area (Å²) in [6.45, 7) is 2.15. The first-order chi connectivity index (χ1) is 9.13. The highest BCUT2D eigenvalue weighted by Crippen LogP contribution is 2.25. The maximum absolute atomic E-state index is 11.7. The Kier molecular flexibility index (Phi) is 4.66. The van der Waals surface area contributed by atoms with Crippen LogP contribution in [0, 0.1) is 5.92 Å². The molecule has 4 heteroatoms. The van der Waals surface area contributed by atoms with Gasteiger partial charge in [-0.15, -0.1) is 0 Å². The molecule has 0 spiro atoms. The molecule has 0 saturated heterocycles. The lowest BCUT2D eigenvalue weighted by Crippen LogP contribution is -2.27. The van der Waals surface area contributed by atoms with Crippen LogP contribution in [0.2, 0.25) is 0 Å². The quantitative estimate of drug-likeness (QED) is 0.670. The maximum atomic E-state index is 11.7. The summed E-state index contributed by atoms with van der Waals surface area (Å²) in [7, 11) is 0. The van der Waals surface area contributed by atoms with Crippen LogP contribution in [0.15, 0.2) is 24.3 Å². The SMILES string of the molecule is CC1CCCC(OC(=O)COc2ccc(N)cc2)C1. The zero-order chi connectivity index (χ0) is 13.7. The standard InChI is InChI=1S/C15H21NO3/c1-11-3-2-4-14(9-11)19-15(17)10-18-13-7-5-12(16)6-8-13/h5-8,11,14H,2-4,9-10,16H2,1H3. The van der Waals surface area contributed by atoms with Gasteiger partial charge >= 0.3 is 5.97 Å². The van der Waals surface area contributed by atoms with Crippen LogP contribution in [0.1, 0.15) is 32.6 Å². The molecule has 104 valence electrons. The van der Waals surface area contributed by atoms with Gasteiger partial charge in [-0.3, -0.25) is 0 Å². The molecule has 0 aliphatic heterocycles. The van der Waals surface area contributed by atoms with E-state index in [4.69, 9.17) is 15.2 Å². The number of nitrogens with two attached hydrogens (primary N) is 1. The first kappa shape index (κ1) is 13.7. The van der Waals surface area contributed by atoms with Crippen LogP contribution in [-0.2, 0) is 9.53 Å². The smallest absolute Gasteiger partial charge is 0.344 e. The van der Waals surface area contributed by atoms with Crippen molar-refractivity contribution in [2.24, 2.45) is 5.92 Å². The van der Waals surface area contributed by atoms with E-state index in [0.29, 0.717) is 17.4 Å². The van der Waals surface area contributed by atoms with Crippen molar-refractivity contribution in [1.82, 2.24) is 0 Å². The van der Waals surface area contributed by atoms with E-state index in [2.05, 4.69) is 6.92 Å². The zero-order valence-corrected chi connectivity index (χ0v) is 11.3. The number of hydrogen-bond donors (Lipinski definition) is 1. The number of carbonyl (C=O) groups excluding carboxylic acids is 1. The number of esters is 1. The van der Waals surface area contributed by atoms with E-state index in [0.717, 1.165) is 19.3 Å². The van der Waals surface area contributed by atoms with E-state index in [1.54, 1.807) is 24.3 Å². The van der Waals surface area contributed by atoms with Crippen LogP contribution in [0.3, 0.4) is 0 Å². The highest BCUT2D eigenvalue weighted by molar-refractivity contribution is 5.71. The Bertz CT molecular complexity index is 416. The number of hydrogen-bond acceptors (Lipinski definition) is 4. The molecule has 19 heavy (non-hydrogen) atoms. The van der Waals surface area contributed by atoms with E-state index in [1.165, 1.54) is 6.42 Å². The number of carbonyl (C=O) groups is 1. The average Bonchev–Trinajstić information content (AvgIpc) is 2.38. The lowest BCUT2D eigenvalue weighted by atomic mass is 9.89. The third kappa shape index (κ3) is 4.47. The fraction of sp³-hybridized carbons (Fsp3) is 0.533. The predicted octanol–water partition coefficient (Wildman–Crippen LogP) is 2.77. The van der Waals surface area contributed by atoms with E-state index < -0.39 is 0 Å². The number of nitrogen functional groups attached to an aromatic ring is 1. The fourth-order valence-electron chi connectivity index (χ4n) is 2.41. The zero-order valence-electron chi connectivity index (χ0n) is 11.3. The summed E-state index contributed by atoms with van der Waals surface area (Å²) in [5, 5.41) is 0. The molecule has 2 unspecified atom stereocenters. The van der Waals surface area contributed by atoms with Crippen LogP contribution < -0.4 is 10.5 Å². The van der Waals surface area contributed by atoms with Crippen LogP contribution in [0.25, 0.3) is 0 Å². The van der Waals surface area contributed by atoms with Crippen LogP contribution in [0.4, 0.5) is 5.69 Å². The molecule has 1 aromatic rings. The molecule has 2 atom stereocenters. The van der Waals surface area contributed by atoms with Crippen molar-refractivity contribution < 1.29 is 14.3 Å². The average molecular weight is 263 g/mol. The Balaban J connectivity index is 1.73. The molecular formula is C15H21NO3. The summed E-state index contributed by atoms with van der Waals surface area (Å²) < 4.78 is 10.8. The van der Waals surface area contributed by atoms with E-state index >= 15 is 0 Å². The summed E-state index contributed by atoms with van der Waals surface area (Å²) in [6.07, 6.45) is 4.37. The van der Waals surface area contributed by atoms with Crippen LogP contribution in [-0.4, -0.2) is 18.7 Å². The van der Waals surface area contributed by atoms with Crippen LogP contribution >= 0.6 is 0 Å². The van der Waals surface area contributed by atoms with Crippen molar-refractivity contribution in [3.8, 4) is 5.75 Å². The predicted molar refractivity (Wildman–Crippen MR) is 73.9 cm³/mol. The molecular weight excluding hydrogens is 242 g/mol. The molecule has 2 rings (SSSR count). The minimum atomic E-state index is -0.295. The van der Waals surface area contributed by atoms with Gasteiger partial charge in [-0.1, -0.05) is 13.3 Å². The van der Waals surface area contributed by atoms with Gasteiger partial charge in [-0.2, -0.15) is 0 Å². The monoisotopic (exact) mass is 263 g/mol. The van der Waals surface area contributed by atoms with Gasteiger partial charge in [0.25, 0.3) is 0 Å². The Hall–Kier alpha value is -1.71. The third-order valence-electron chi connectivity index (χ3n) is 3.42. The number of ether oxygens (including phenoxy) is 2. The fourth-order valence-corrected chi connectivity index (χ4v) is 2.41. The first-order valence-electron chi connectivity index (χ1n) is 6.81. The van der Waals surface area contributed by atoms with Gasteiger partial charge in [0.05, 0.1) is 0 Å². The Morgan fingerprint density at radius 2 is 2.05 bits per heavy atom. The molecule has 0 amide bonds. The van der Waals surface area contributed by atoms with Crippen molar-refractivity contribution >= 4 is 11.7 Å². The van der Waals surface area contributed by atoms with Gasteiger partial charge in [0.1, 0.15) is 11.9 Å². The van der Waals surface area contributed by atoms with Crippen molar-refractivity contribution in [2.45, 2.75) is 38.7 Å². The minimum Gasteiger partial charge on any atom is -0.482 e. The molecule has 2 N–H and O–H groups in total. The van der Waals surface area contributed by atoms with E-state index in [-0.39, 0.29) is 18.7 Å². The normalized spacial score (nSPS) is 22.8. The highest BCUT2D eigenvalue weighted by atomic mass is 16.6. The molecule has 0 heterocycles.